The maximum atomic E-state index is 12.3. The molecule has 1 atom stereocenters. The van der Waals surface area contributed by atoms with Gasteiger partial charge in [-0.05, 0) is 31.0 Å². The lowest BCUT2D eigenvalue weighted by atomic mass is 10.0. The first-order chi connectivity index (χ1) is 10.5. The van der Waals surface area contributed by atoms with E-state index in [-0.39, 0.29) is 12.3 Å². The highest BCUT2D eigenvalue weighted by molar-refractivity contribution is 5.97. The number of aryl methyl sites for hydroxylation is 2. The van der Waals surface area contributed by atoms with Crippen molar-refractivity contribution in [2.75, 3.05) is 0 Å². The molecule has 1 amide bonds. The number of carbonyl (C=O) groups excluding carboxylic acids is 1. The third kappa shape index (κ3) is 3.95. The van der Waals surface area contributed by atoms with Gasteiger partial charge in [0.15, 0.2) is 0 Å². The summed E-state index contributed by atoms with van der Waals surface area (Å²) in [6.07, 6.45) is 0.257. The van der Waals surface area contributed by atoms with Gasteiger partial charge < -0.3 is 10.4 Å². The lowest BCUT2D eigenvalue weighted by Crippen LogP contribution is -2.42. The van der Waals surface area contributed by atoms with Crippen LogP contribution >= 0.6 is 0 Å². The zero-order valence-corrected chi connectivity index (χ0v) is 12.7. The zero-order valence-electron chi connectivity index (χ0n) is 12.7. The van der Waals surface area contributed by atoms with Crippen LogP contribution in [0.2, 0.25) is 0 Å². The van der Waals surface area contributed by atoms with E-state index in [2.05, 4.69) is 5.32 Å². The summed E-state index contributed by atoms with van der Waals surface area (Å²) >= 11 is 0. The highest BCUT2D eigenvalue weighted by atomic mass is 16.4. The third-order valence-electron chi connectivity index (χ3n) is 3.51. The molecule has 114 valence electrons. The van der Waals surface area contributed by atoms with Crippen LogP contribution in [0.25, 0.3) is 0 Å². The van der Waals surface area contributed by atoms with Crippen molar-refractivity contribution in [1.29, 1.82) is 0 Å². The average molecular weight is 297 g/mol. The Morgan fingerprint density at radius 3 is 2.36 bits per heavy atom. The van der Waals surface area contributed by atoms with Gasteiger partial charge in [0.05, 0.1) is 0 Å². The molecule has 2 N–H and O–H groups in total. The maximum Gasteiger partial charge on any atom is 0.326 e. The molecule has 4 nitrogen and oxygen atoms in total. The number of hydrogen-bond donors (Lipinski definition) is 2. The molecule has 0 aliphatic rings. The van der Waals surface area contributed by atoms with Gasteiger partial charge in [0.1, 0.15) is 6.04 Å². The molecule has 0 saturated heterocycles. The molecule has 0 spiro atoms. The van der Waals surface area contributed by atoms with Crippen LogP contribution in [0.15, 0.2) is 48.5 Å². The molecule has 2 aromatic carbocycles. The van der Waals surface area contributed by atoms with Crippen molar-refractivity contribution in [1.82, 2.24) is 5.32 Å². The summed E-state index contributed by atoms with van der Waals surface area (Å²) < 4.78 is 0. The predicted molar refractivity (Wildman–Crippen MR) is 85.0 cm³/mol. The summed E-state index contributed by atoms with van der Waals surface area (Å²) in [6, 6.07) is 13.8. The summed E-state index contributed by atoms with van der Waals surface area (Å²) in [5.74, 6) is -1.40. The van der Waals surface area contributed by atoms with E-state index in [1.165, 1.54) is 0 Å². The van der Waals surface area contributed by atoms with Gasteiger partial charge in [-0.2, -0.15) is 0 Å². The molecule has 0 aromatic heterocycles. The molecule has 0 radical (unpaired) electrons. The minimum atomic E-state index is -1.04. The van der Waals surface area contributed by atoms with Crippen LogP contribution in [-0.2, 0) is 11.2 Å². The number of aliphatic carboxylic acids is 1. The van der Waals surface area contributed by atoms with Crippen LogP contribution in [0.4, 0.5) is 0 Å². The second kappa shape index (κ2) is 6.89. The smallest absolute Gasteiger partial charge is 0.326 e. The van der Waals surface area contributed by atoms with Gasteiger partial charge in [-0.3, -0.25) is 4.79 Å². The number of amides is 1. The predicted octanol–water partition coefficient (Wildman–Crippen LogP) is 2.73. The van der Waals surface area contributed by atoms with Crippen LogP contribution in [0, 0.1) is 13.8 Å². The molecule has 0 saturated carbocycles. The van der Waals surface area contributed by atoms with Gasteiger partial charge in [-0.1, -0.05) is 48.0 Å². The number of nitrogens with one attached hydrogen (secondary N) is 1. The van der Waals surface area contributed by atoms with Crippen molar-refractivity contribution in [3.8, 4) is 0 Å². The number of benzene rings is 2. The largest absolute Gasteiger partial charge is 0.480 e. The standard InChI is InChI=1S/C18H19NO3/c1-12-8-9-15(13(2)10-12)17(20)19-16(18(21)22)11-14-6-4-3-5-7-14/h3-10,16H,11H2,1-2H3,(H,19,20)(H,21,22)/t16-/m0/s1. The summed E-state index contributed by atoms with van der Waals surface area (Å²) in [5, 5.41) is 11.9. The van der Waals surface area contributed by atoms with Gasteiger partial charge in [-0.15, -0.1) is 0 Å². The van der Waals surface area contributed by atoms with Crippen LogP contribution in [-0.4, -0.2) is 23.0 Å². The Morgan fingerprint density at radius 2 is 1.77 bits per heavy atom. The summed E-state index contributed by atoms with van der Waals surface area (Å²) in [7, 11) is 0. The molecule has 0 unspecified atom stereocenters. The molecule has 2 rings (SSSR count). The Labute approximate surface area is 129 Å². The SMILES string of the molecule is Cc1ccc(C(=O)N[C@@H](Cc2ccccc2)C(=O)O)c(C)c1. The van der Waals surface area contributed by atoms with Crippen molar-refractivity contribution >= 4 is 11.9 Å². The van der Waals surface area contributed by atoms with Crippen molar-refractivity contribution in [3.05, 3.63) is 70.8 Å². The summed E-state index contributed by atoms with van der Waals surface area (Å²) in [4.78, 5) is 23.7. The second-order valence-corrected chi connectivity index (χ2v) is 5.37. The number of carboxylic acids is 1. The Balaban J connectivity index is 2.14. The first kappa shape index (κ1) is 15.8. The molecular formula is C18H19NO3. The van der Waals surface area contributed by atoms with E-state index in [4.69, 9.17) is 0 Å². The zero-order chi connectivity index (χ0) is 16.1. The molecule has 0 heterocycles. The van der Waals surface area contributed by atoms with Gasteiger partial charge in [0.25, 0.3) is 5.91 Å². The number of hydrogen-bond acceptors (Lipinski definition) is 2. The van der Waals surface area contributed by atoms with E-state index in [9.17, 15) is 14.7 Å². The minimum Gasteiger partial charge on any atom is -0.480 e. The van der Waals surface area contributed by atoms with E-state index in [1.807, 2.05) is 56.3 Å². The van der Waals surface area contributed by atoms with Crippen LogP contribution < -0.4 is 5.32 Å². The van der Waals surface area contributed by atoms with Crippen molar-refractivity contribution < 1.29 is 14.7 Å². The lowest BCUT2D eigenvalue weighted by molar-refractivity contribution is -0.139. The van der Waals surface area contributed by atoms with E-state index >= 15 is 0 Å². The molecule has 0 fully saturated rings. The van der Waals surface area contributed by atoms with E-state index in [0.717, 1.165) is 16.7 Å². The van der Waals surface area contributed by atoms with Crippen molar-refractivity contribution in [3.63, 3.8) is 0 Å². The lowest BCUT2D eigenvalue weighted by Gasteiger charge is -2.16. The van der Waals surface area contributed by atoms with Gasteiger partial charge in [0, 0.05) is 12.0 Å². The number of rotatable bonds is 5. The average Bonchev–Trinajstić information content (AvgIpc) is 2.47. The highest BCUT2D eigenvalue weighted by Crippen LogP contribution is 2.11. The first-order valence-electron chi connectivity index (χ1n) is 7.12. The first-order valence-corrected chi connectivity index (χ1v) is 7.12. The Hall–Kier alpha value is -2.62. The van der Waals surface area contributed by atoms with Crippen LogP contribution in [0.3, 0.4) is 0 Å². The second-order valence-electron chi connectivity index (χ2n) is 5.37. The molecule has 0 bridgehead atoms. The fraction of sp³-hybridized carbons (Fsp3) is 0.222. The van der Waals surface area contributed by atoms with E-state index < -0.39 is 12.0 Å². The molecular weight excluding hydrogens is 278 g/mol. The third-order valence-corrected chi connectivity index (χ3v) is 3.51. The van der Waals surface area contributed by atoms with Gasteiger partial charge in [-0.25, -0.2) is 4.79 Å². The number of carboxylic acid groups (broad SMARTS) is 1. The Morgan fingerprint density at radius 1 is 1.09 bits per heavy atom. The van der Waals surface area contributed by atoms with Gasteiger partial charge >= 0.3 is 5.97 Å². The summed E-state index contributed by atoms with van der Waals surface area (Å²) in [5.41, 5.74) is 3.27. The van der Waals surface area contributed by atoms with Crippen molar-refractivity contribution in [2.24, 2.45) is 0 Å². The van der Waals surface area contributed by atoms with Gasteiger partial charge in [0.2, 0.25) is 0 Å². The normalized spacial score (nSPS) is 11.7. The molecule has 0 aliphatic heterocycles. The highest BCUT2D eigenvalue weighted by Gasteiger charge is 2.21. The molecule has 22 heavy (non-hydrogen) atoms. The van der Waals surface area contributed by atoms with Crippen molar-refractivity contribution in [2.45, 2.75) is 26.3 Å². The number of carbonyl (C=O) groups is 2. The monoisotopic (exact) mass is 297 g/mol. The van der Waals surface area contributed by atoms with Crippen LogP contribution in [0.5, 0.6) is 0 Å². The minimum absolute atomic E-state index is 0.257. The molecule has 2 aromatic rings. The maximum absolute atomic E-state index is 12.3. The summed E-state index contributed by atoms with van der Waals surface area (Å²) in [6.45, 7) is 3.79. The van der Waals surface area contributed by atoms with Crippen LogP contribution in [0.1, 0.15) is 27.0 Å². The van der Waals surface area contributed by atoms with E-state index in [0.29, 0.717) is 5.56 Å². The molecule has 0 aliphatic carbocycles. The fourth-order valence-electron chi connectivity index (χ4n) is 2.35. The topological polar surface area (TPSA) is 66.4 Å². The molecule has 4 heteroatoms. The Kier molecular flexibility index (Phi) is 4.94. The Bertz CT molecular complexity index is 680. The quantitative estimate of drug-likeness (QED) is 0.891. The fourth-order valence-corrected chi connectivity index (χ4v) is 2.35. The van der Waals surface area contributed by atoms with E-state index in [1.54, 1.807) is 6.07 Å².